The van der Waals surface area contributed by atoms with Gasteiger partial charge in [-0.1, -0.05) is 30.3 Å². The van der Waals surface area contributed by atoms with E-state index in [0.29, 0.717) is 18.4 Å². The minimum atomic E-state index is 0.141. The summed E-state index contributed by atoms with van der Waals surface area (Å²) in [5, 5.41) is 0. The first kappa shape index (κ1) is 20.4. The molecule has 3 aromatic rings. The van der Waals surface area contributed by atoms with Gasteiger partial charge in [-0.2, -0.15) is 0 Å². The van der Waals surface area contributed by atoms with E-state index in [2.05, 4.69) is 50.8 Å². The molecular weight excluding hydrogens is 428 g/mol. The van der Waals surface area contributed by atoms with Crippen molar-refractivity contribution in [1.29, 1.82) is 0 Å². The minimum Gasteiger partial charge on any atom is -0.490 e. The zero-order valence-electron chi connectivity index (χ0n) is 17.2. The van der Waals surface area contributed by atoms with Crippen LogP contribution in [-0.4, -0.2) is 22.1 Å². The number of fused-ring (bicyclic) bond motifs is 1. The average molecular weight is 457 g/mol. The molecule has 2 aromatic heterocycles. The average Bonchev–Trinajstić information content (AvgIpc) is 3.12. The van der Waals surface area contributed by atoms with Crippen molar-refractivity contribution >= 4 is 21.6 Å². The third kappa shape index (κ3) is 5.20. The molecule has 0 saturated heterocycles. The summed E-state index contributed by atoms with van der Waals surface area (Å²) in [5.41, 5.74) is 3.40. The Hall–Kier alpha value is -1.85. The van der Waals surface area contributed by atoms with E-state index in [-0.39, 0.29) is 6.10 Å². The molecule has 0 bridgehead atoms. The standard InChI is InChI=1S/C24H29BrN2O2/c1-17(2)29-23-12-24-26-22(14-27(24)13-21(23)25)20-10-8-19(9-11-20)16-28-15-18-6-4-3-5-7-18/h3-7,12-14,17,19-20H,8-11,15-16H2,1-2H3. The molecule has 1 saturated carbocycles. The third-order valence-electron chi connectivity index (χ3n) is 5.62. The number of nitrogens with zero attached hydrogens (tertiary/aromatic N) is 2. The lowest BCUT2D eigenvalue weighted by molar-refractivity contribution is 0.0714. The molecule has 0 N–H and O–H groups in total. The second-order valence-corrected chi connectivity index (χ2v) is 9.16. The largest absolute Gasteiger partial charge is 0.490 e. The Labute approximate surface area is 181 Å². The Kier molecular flexibility index (Phi) is 6.56. The van der Waals surface area contributed by atoms with Crippen LogP contribution in [0.4, 0.5) is 0 Å². The minimum absolute atomic E-state index is 0.141. The number of pyridine rings is 1. The molecule has 1 fully saturated rings. The van der Waals surface area contributed by atoms with Gasteiger partial charge in [0.15, 0.2) is 0 Å². The van der Waals surface area contributed by atoms with Gasteiger partial charge in [0.2, 0.25) is 0 Å². The van der Waals surface area contributed by atoms with Gasteiger partial charge in [0.25, 0.3) is 0 Å². The lowest BCUT2D eigenvalue weighted by atomic mass is 9.81. The van der Waals surface area contributed by atoms with Gasteiger partial charge in [-0.25, -0.2) is 4.98 Å². The Balaban J connectivity index is 1.32. The maximum atomic E-state index is 5.97. The van der Waals surface area contributed by atoms with Crippen LogP contribution in [0.15, 0.2) is 53.3 Å². The molecule has 4 rings (SSSR count). The Morgan fingerprint density at radius 2 is 1.86 bits per heavy atom. The number of hydrogen-bond donors (Lipinski definition) is 0. The summed E-state index contributed by atoms with van der Waals surface area (Å²) in [6, 6.07) is 12.4. The molecule has 0 amide bonds. The maximum absolute atomic E-state index is 5.97. The van der Waals surface area contributed by atoms with Crippen molar-refractivity contribution in [3.63, 3.8) is 0 Å². The number of halogens is 1. The molecule has 1 aromatic carbocycles. The van der Waals surface area contributed by atoms with E-state index in [1.807, 2.05) is 32.2 Å². The van der Waals surface area contributed by atoms with Crippen molar-refractivity contribution < 1.29 is 9.47 Å². The highest BCUT2D eigenvalue weighted by molar-refractivity contribution is 9.10. The van der Waals surface area contributed by atoms with Crippen molar-refractivity contribution in [3.8, 4) is 5.75 Å². The van der Waals surface area contributed by atoms with Crippen LogP contribution in [0, 0.1) is 5.92 Å². The van der Waals surface area contributed by atoms with Gasteiger partial charge < -0.3 is 13.9 Å². The number of rotatable bonds is 7. The van der Waals surface area contributed by atoms with E-state index in [4.69, 9.17) is 14.5 Å². The first-order valence-electron chi connectivity index (χ1n) is 10.5. The van der Waals surface area contributed by atoms with Gasteiger partial charge in [0, 0.05) is 31.0 Å². The smallest absolute Gasteiger partial charge is 0.140 e. The second kappa shape index (κ2) is 9.31. The zero-order valence-corrected chi connectivity index (χ0v) is 18.8. The molecule has 5 heteroatoms. The molecule has 0 atom stereocenters. The molecule has 1 aliphatic carbocycles. The Morgan fingerprint density at radius 1 is 1.10 bits per heavy atom. The fraction of sp³-hybridized carbons (Fsp3) is 0.458. The van der Waals surface area contributed by atoms with Gasteiger partial charge in [-0.3, -0.25) is 0 Å². The normalized spacial score (nSPS) is 19.7. The summed E-state index contributed by atoms with van der Waals surface area (Å²) in [5.74, 6) is 2.05. The van der Waals surface area contributed by atoms with Gasteiger partial charge in [0.05, 0.1) is 22.9 Å². The lowest BCUT2D eigenvalue weighted by Crippen LogP contribution is -2.18. The number of benzene rings is 1. The highest BCUT2D eigenvalue weighted by atomic mass is 79.9. The van der Waals surface area contributed by atoms with Gasteiger partial charge in [0.1, 0.15) is 11.4 Å². The first-order valence-corrected chi connectivity index (χ1v) is 11.3. The predicted octanol–water partition coefficient (Wildman–Crippen LogP) is 6.37. The molecule has 4 nitrogen and oxygen atoms in total. The molecule has 0 radical (unpaired) electrons. The van der Waals surface area contributed by atoms with E-state index in [9.17, 15) is 0 Å². The van der Waals surface area contributed by atoms with Crippen LogP contribution < -0.4 is 4.74 Å². The van der Waals surface area contributed by atoms with Crippen LogP contribution >= 0.6 is 15.9 Å². The number of aromatic nitrogens is 2. The van der Waals surface area contributed by atoms with Crippen LogP contribution in [0.1, 0.15) is 56.7 Å². The van der Waals surface area contributed by atoms with E-state index in [0.717, 1.165) is 22.5 Å². The molecule has 0 unspecified atom stereocenters. The summed E-state index contributed by atoms with van der Waals surface area (Å²) >= 11 is 3.61. The third-order valence-corrected chi connectivity index (χ3v) is 6.22. The first-order chi connectivity index (χ1) is 14.1. The topological polar surface area (TPSA) is 35.8 Å². The van der Waals surface area contributed by atoms with Crippen LogP contribution in [0.2, 0.25) is 0 Å². The van der Waals surface area contributed by atoms with Crippen molar-refractivity contribution in [2.75, 3.05) is 6.61 Å². The Bertz CT molecular complexity index is 931. The fourth-order valence-corrected chi connectivity index (χ4v) is 4.52. The molecular formula is C24H29BrN2O2. The van der Waals surface area contributed by atoms with Crippen molar-refractivity contribution in [2.24, 2.45) is 5.92 Å². The quantitative estimate of drug-likeness (QED) is 0.413. The van der Waals surface area contributed by atoms with Crippen LogP contribution in [0.5, 0.6) is 5.75 Å². The zero-order chi connectivity index (χ0) is 20.2. The summed E-state index contributed by atoms with van der Waals surface area (Å²) < 4.78 is 14.9. The van der Waals surface area contributed by atoms with Crippen LogP contribution in [-0.2, 0) is 11.3 Å². The summed E-state index contributed by atoms with van der Waals surface area (Å²) in [4.78, 5) is 4.90. The molecule has 154 valence electrons. The summed E-state index contributed by atoms with van der Waals surface area (Å²) in [6.45, 7) is 5.64. The van der Waals surface area contributed by atoms with Crippen molar-refractivity contribution in [3.05, 3.63) is 64.5 Å². The van der Waals surface area contributed by atoms with Crippen molar-refractivity contribution in [2.45, 2.75) is 58.2 Å². The monoisotopic (exact) mass is 456 g/mol. The van der Waals surface area contributed by atoms with Gasteiger partial charge in [-0.05, 0) is 66.9 Å². The summed E-state index contributed by atoms with van der Waals surface area (Å²) in [6.07, 6.45) is 9.14. The van der Waals surface area contributed by atoms with Gasteiger partial charge >= 0.3 is 0 Å². The molecule has 29 heavy (non-hydrogen) atoms. The van der Waals surface area contributed by atoms with Crippen molar-refractivity contribution in [1.82, 2.24) is 9.38 Å². The predicted molar refractivity (Wildman–Crippen MR) is 119 cm³/mol. The molecule has 0 spiro atoms. The number of ether oxygens (including phenoxy) is 2. The van der Waals surface area contributed by atoms with Crippen LogP contribution in [0.3, 0.4) is 0 Å². The van der Waals surface area contributed by atoms with E-state index < -0.39 is 0 Å². The van der Waals surface area contributed by atoms with E-state index in [1.165, 1.54) is 36.9 Å². The number of hydrogen-bond acceptors (Lipinski definition) is 3. The van der Waals surface area contributed by atoms with Crippen LogP contribution in [0.25, 0.3) is 5.65 Å². The Morgan fingerprint density at radius 3 is 2.59 bits per heavy atom. The summed E-state index contributed by atoms with van der Waals surface area (Å²) in [7, 11) is 0. The second-order valence-electron chi connectivity index (χ2n) is 8.30. The van der Waals surface area contributed by atoms with E-state index in [1.54, 1.807) is 0 Å². The molecule has 2 heterocycles. The molecule has 1 aliphatic rings. The fourth-order valence-electron chi connectivity index (χ4n) is 4.09. The van der Waals surface area contributed by atoms with Gasteiger partial charge in [-0.15, -0.1) is 0 Å². The number of imidazole rings is 1. The lowest BCUT2D eigenvalue weighted by Gasteiger charge is -2.27. The highest BCUT2D eigenvalue weighted by Crippen LogP contribution is 2.36. The highest BCUT2D eigenvalue weighted by Gasteiger charge is 2.24. The van der Waals surface area contributed by atoms with E-state index >= 15 is 0 Å². The molecule has 0 aliphatic heterocycles. The maximum Gasteiger partial charge on any atom is 0.140 e. The SMILES string of the molecule is CC(C)Oc1cc2nc(C3CCC(COCc4ccccc4)CC3)cn2cc1Br.